The van der Waals surface area contributed by atoms with Gasteiger partial charge in [0.25, 0.3) is 6.26 Å². The molecule has 0 aromatic rings. The van der Waals surface area contributed by atoms with Crippen molar-refractivity contribution in [2.75, 3.05) is 0 Å². The first kappa shape index (κ1) is 20.1. The van der Waals surface area contributed by atoms with Crippen molar-refractivity contribution in [1.29, 1.82) is 5.26 Å². The maximum atomic E-state index is 8.35. The first-order valence-electron chi connectivity index (χ1n) is 7.42. The van der Waals surface area contributed by atoms with Crippen molar-refractivity contribution in [3.8, 4) is 6.26 Å². The second-order valence-corrected chi connectivity index (χ2v) is 4.87. The highest BCUT2D eigenvalue weighted by Crippen LogP contribution is 2.20. The van der Waals surface area contributed by atoms with Crippen LogP contribution in [-0.4, -0.2) is 0 Å². The van der Waals surface area contributed by atoms with Crippen molar-refractivity contribution in [3.63, 3.8) is 0 Å². The van der Waals surface area contributed by atoms with Crippen LogP contribution in [0.2, 0.25) is 0 Å². The third-order valence-electron chi connectivity index (χ3n) is 3.35. The van der Waals surface area contributed by atoms with Crippen molar-refractivity contribution >= 4 is 0 Å². The Kier molecular flexibility index (Phi) is 14.0. The van der Waals surface area contributed by atoms with E-state index in [9.17, 15) is 0 Å². The topological polar surface area (TPSA) is 33.0 Å². The zero-order chi connectivity index (χ0) is 15.3. The van der Waals surface area contributed by atoms with Crippen LogP contribution in [0, 0.1) is 23.4 Å². The molecule has 2 nitrogen and oxygen atoms in total. The predicted molar refractivity (Wildman–Crippen MR) is 83.4 cm³/mol. The molecule has 0 aromatic carbocycles. The molecular weight excluding hydrogens is 234 g/mol. The lowest BCUT2D eigenvalue weighted by molar-refractivity contribution is 0.377. The molecule has 0 saturated carbocycles. The normalized spacial score (nSPS) is 14.8. The Morgan fingerprint density at radius 2 is 1.74 bits per heavy atom. The summed E-state index contributed by atoms with van der Waals surface area (Å²) in [6.45, 7) is 14.7. The van der Waals surface area contributed by atoms with Gasteiger partial charge in [0.05, 0.1) is 0 Å². The average Bonchev–Trinajstić information content (AvgIpc) is 2.44. The van der Waals surface area contributed by atoms with Crippen LogP contribution in [0.5, 0.6) is 0 Å². The Hall–Kier alpha value is -1.23. The van der Waals surface area contributed by atoms with E-state index < -0.39 is 0 Å². The summed E-state index contributed by atoms with van der Waals surface area (Å²) >= 11 is 0. The Morgan fingerprint density at radius 1 is 1.16 bits per heavy atom. The number of rotatable bonds is 7. The van der Waals surface area contributed by atoms with Gasteiger partial charge in [-0.2, -0.15) is 0 Å². The lowest BCUT2D eigenvalue weighted by atomic mass is 9.92. The summed E-state index contributed by atoms with van der Waals surface area (Å²) in [6.07, 6.45) is 9.34. The van der Waals surface area contributed by atoms with Crippen molar-refractivity contribution in [2.24, 2.45) is 11.8 Å². The molecule has 2 unspecified atom stereocenters. The van der Waals surface area contributed by atoms with E-state index in [4.69, 9.17) is 10.00 Å². The third-order valence-corrected chi connectivity index (χ3v) is 3.35. The zero-order valence-electron chi connectivity index (χ0n) is 13.8. The fraction of sp³-hybridized carbons (Fsp3) is 0.706. The molecule has 0 aromatic heterocycles. The largest absolute Gasteiger partial charge is 0.393 e. The van der Waals surface area contributed by atoms with E-state index in [1.54, 1.807) is 13.2 Å². The van der Waals surface area contributed by atoms with E-state index in [0.717, 1.165) is 5.92 Å². The fourth-order valence-electron chi connectivity index (χ4n) is 1.49. The Morgan fingerprint density at radius 3 is 2.21 bits per heavy atom. The molecule has 0 N–H and O–H groups in total. The summed E-state index contributed by atoms with van der Waals surface area (Å²) in [7, 11) is 0. The molecule has 0 heterocycles. The van der Waals surface area contributed by atoms with Crippen LogP contribution in [-0.2, 0) is 4.74 Å². The van der Waals surface area contributed by atoms with Gasteiger partial charge >= 0.3 is 0 Å². The van der Waals surface area contributed by atoms with Crippen LogP contribution >= 0.6 is 0 Å². The molecule has 0 saturated heterocycles. The average molecular weight is 265 g/mol. The van der Waals surface area contributed by atoms with Gasteiger partial charge in [-0.05, 0) is 38.2 Å². The van der Waals surface area contributed by atoms with Crippen LogP contribution in [0.3, 0.4) is 0 Å². The number of hydrogen-bond donors (Lipinski definition) is 0. The van der Waals surface area contributed by atoms with Gasteiger partial charge in [-0.25, -0.2) is 0 Å². The lowest BCUT2D eigenvalue weighted by Crippen LogP contribution is -2.00. The number of hydrogen-bond acceptors (Lipinski definition) is 2. The van der Waals surface area contributed by atoms with Gasteiger partial charge in [-0.15, -0.1) is 5.26 Å². The van der Waals surface area contributed by atoms with Gasteiger partial charge in [0, 0.05) is 0 Å². The molecule has 0 fully saturated rings. The van der Waals surface area contributed by atoms with E-state index in [-0.39, 0.29) is 0 Å². The molecule has 0 spiro atoms. The van der Waals surface area contributed by atoms with Crippen LogP contribution in [0.4, 0.5) is 0 Å². The molecule has 0 bridgehead atoms. The second kappa shape index (κ2) is 13.2. The molecule has 0 aliphatic carbocycles. The number of allylic oxidation sites excluding steroid dienone is 4. The highest BCUT2D eigenvalue weighted by Gasteiger charge is 2.06. The van der Waals surface area contributed by atoms with Crippen molar-refractivity contribution < 1.29 is 4.74 Å². The fourth-order valence-corrected chi connectivity index (χ4v) is 1.49. The summed E-state index contributed by atoms with van der Waals surface area (Å²) < 4.78 is 4.71. The van der Waals surface area contributed by atoms with E-state index in [0.29, 0.717) is 11.7 Å². The maximum absolute atomic E-state index is 8.35. The van der Waals surface area contributed by atoms with Gasteiger partial charge in [0.1, 0.15) is 5.76 Å². The minimum atomic E-state index is 0.593. The molecule has 110 valence electrons. The molecular formula is C17H31NO. The molecule has 2 atom stereocenters. The van der Waals surface area contributed by atoms with Crippen LogP contribution in [0.15, 0.2) is 23.5 Å². The molecule has 19 heavy (non-hydrogen) atoms. The number of nitrogens with zero attached hydrogens (tertiary/aromatic N) is 1. The van der Waals surface area contributed by atoms with Crippen LogP contribution in [0.1, 0.15) is 67.7 Å². The Balaban J connectivity index is 0. The van der Waals surface area contributed by atoms with E-state index in [1.807, 2.05) is 26.0 Å². The molecule has 0 aliphatic heterocycles. The highest BCUT2D eigenvalue weighted by molar-refractivity contribution is 5.14. The van der Waals surface area contributed by atoms with Crippen LogP contribution in [0.25, 0.3) is 0 Å². The van der Waals surface area contributed by atoms with E-state index in [1.165, 1.54) is 24.8 Å². The van der Waals surface area contributed by atoms with Gasteiger partial charge in [-0.1, -0.05) is 59.1 Å². The first-order valence-corrected chi connectivity index (χ1v) is 7.42. The van der Waals surface area contributed by atoms with Crippen LogP contribution < -0.4 is 0 Å². The maximum Gasteiger partial charge on any atom is 0.291 e. The smallest absolute Gasteiger partial charge is 0.291 e. The van der Waals surface area contributed by atoms with E-state index >= 15 is 0 Å². The summed E-state index contributed by atoms with van der Waals surface area (Å²) in [5, 5.41) is 8.35. The molecule has 0 radical (unpaired) electrons. The van der Waals surface area contributed by atoms with Gasteiger partial charge in [0.15, 0.2) is 0 Å². The van der Waals surface area contributed by atoms with Crippen molar-refractivity contribution in [2.45, 2.75) is 67.7 Å². The lowest BCUT2D eigenvalue weighted by Gasteiger charge is -2.14. The summed E-state index contributed by atoms with van der Waals surface area (Å²) in [5.41, 5.74) is 1.34. The van der Waals surface area contributed by atoms with Gasteiger partial charge < -0.3 is 4.74 Å². The van der Waals surface area contributed by atoms with E-state index in [2.05, 4.69) is 27.7 Å². The minimum Gasteiger partial charge on any atom is -0.393 e. The molecule has 0 rings (SSSR count). The zero-order valence-corrected chi connectivity index (χ0v) is 13.8. The first-order chi connectivity index (χ1) is 9.01. The second-order valence-electron chi connectivity index (χ2n) is 4.87. The molecule has 2 heteroatoms. The highest BCUT2D eigenvalue weighted by atomic mass is 16.5. The predicted octanol–water partition coefficient (Wildman–Crippen LogP) is 5.82. The van der Waals surface area contributed by atoms with Crippen molar-refractivity contribution in [1.82, 2.24) is 0 Å². The SMILES string of the molecule is CC.CCC(C)CCC(C)/C(C)=C/C=C(\C)OC#N. The summed E-state index contributed by atoms with van der Waals surface area (Å²) in [5.74, 6) is 2.04. The third kappa shape index (κ3) is 11.6. The Bertz CT molecular complexity index is 310. The summed E-state index contributed by atoms with van der Waals surface area (Å²) in [4.78, 5) is 0. The number of nitriles is 1. The quantitative estimate of drug-likeness (QED) is 0.330. The van der Waals surface area contributed by atoms with Crippen molar-refractivity contribution in [3.05, 3.63) is 23.5 Å². The number of ether oxygens (including phenoxy) is 1. The molecule has 0 aliphatic rings. The Labute approximate surface area is 120 Å². The summed E-state index contributed by atoms with van der Waals surface area (Å²) in [6, 6.07) is 0. The van der Waals surface area contributed by atoms with Gasteiger partial charge in [-0.3, -0.25) is 0 Å². The standard InChI is InChI=1S/C15H25NO.C2H6/c1-6-12(2)7-8-13(3)14(4)9-10-15(5)17-11-16;1-2/h9-10,12-13H,6-8H2,1-5H3;1-2H3/b14-9+,15-10+;. The molecule has 0 amide bonds. The monoisotopic (exact) mass is 265 g/mol. The van der Waals surface area contributed by atoms with Gasteiger partial charge in [0.2, 0.25) is 0 Å². The minimum absolute atomic E-state index is 0.593.